The van der Waals surface area contributed by atoms with Crippen molar-refractivity contribution in [3.63, 3.8) is 0 Å². The quantitative estimate of drug-likeness (QED) is 0.234. The molecule has 0 aliphatic heterocycles. The average molecular weight is 463 g/mol. The summed E-state index contributed by atoms with van der Waals surface area (Å²) in [5.74, 6) is -0.159. The third-order valence-electron chi connectivity index (χ3n) is 4.76. The highest BCUT2D eigenvalue weighted by molar-refractivity contribution is 7.98. The summed E-state index contributed by atoms with van der Waals surface area (Å²) < 4.78 is 15.6. The summed E-state index contributed by atoms with van der Waals surface area (Å²) in [5.41, 5.74) is 1.59. The van der Waals surface area contributed by atoms with Gasteiger partial charge in [-0.2, -0.15) is 0 Å². The zero-order valence-corrected chi connectivity index (χ0v) is 18.0. The number of thioether (sulfide) groups is 1. The van der Waals surface area contributed by atoms with Crippen molar-refractivity contribution in [2.24, 2.45) is 0 Å². The average Bonchev–Trinajstić information content (AvgIpc) is 3.25. The van der Waals surface area contributed by atoms with Gasteiger partial charge in [-0.15, -0.1) is 10.2 Å². The molecule has 0 saturated carbocycles. The minimum absolute atomic E-state index is 0.0109. The van der Waals surface area contributed by atoms with Crippen LogP contribution < -0.4 is 5.32 Å². The van der Waals surface area contributed by atoms with Crippen LogP contribution in [0.15, 0.2) is 84.0 Å². The summed E-state index contributed by atoms with van der Waals surface area (Å²) >= 11 is 1.44. The summed E-state index contributed by atoms with van der Waals surface area (Å²) in [6, 6.07) is 21.5. The van der Waals surface area contributed by atoms with E-state index in [1.165, 1.54) is 42.1 Å². The molecule has 8 nitrogen and oxygen atoms in total. The summed E-state index contributed by atoms with van der Waals surface area (Å²) in [5, 5.41) is 22.7. The number of amides is 1. The van der Waals surface area contributed by atoms with Crippen LogP contribution in [-0.4, -0.2) is 25.6 Å². The number of aromatic nitrogens is 3. The highest BCUT2D eigenvalue weighted by Crippen LogP contribution is 2.26. The molecule has 0 unspecified atom stereocenters. The monoisotopic (exact) mass is 463 g/mol. The van der Waals surface area contributed by atoms with Crippen LogP contribution in [0.1, 0.15) is 21.7 Å². The van der Waals surface area contributed by atoms with Crippen molar-refractivity contribution in [2.45, 2.75) is 17.5 Å². The molecule has 33 heavy (non-hydrogen) atoms. The van der Waals surface area contributed by atoms with E-state index >= 15 is 0 Å². The fraction of sp³-hybridized carbons (Fsp3) is 0.0870. The van der Waals surface area contributed by atoms with Crippen molar-refractivity contribution in [3.8, 4) is 5.69 Å². The van der Waals surface area contributed by atoms with Gasteiger partial charge in [-0.3, -0.25) is 19.5 Å². The maximum atomic E-state index is 13.9. The largest absolute Gasteiger partial charge is 0.345 e. The summed E-state index contributed by atoms with van der Waals surface area (Å²) in [4.78, 5) is 23.0. The van der Waals surface area contributed by atoms with E-state index in [0.29, 0.717) is 22.4 Å². The Kier molecular flexibility index (Phi) is 6.75. The highest BCUT2D eigenvalue weighted by Gasteiger charge is 2.18. The first-order valence-electron chi connectivity index (χ1n) is 9.91. The Hall–Kier alpha value is -4.05. The fourth-order valence-electron chi connectivity index (χ4n) is 3.11. The van der Waals surface area contributed by atoms with Gasteiger partial charge < -0.3 is 5.32 Å². The topological polar surface area (TPSA) is 103 Å². The smallest absolute Gasteiger partial charge is 0.269 e. The molecule has 166 valence electrons. The number of nitrogens with zero attached hydrogens (tertiary/aromatic N) is 4. The molecule has 0 saturated heterocycles. The zero-order chi connectivity index (χ0) is 23.2. The molecule has 1 heterocycles. The highest BCUT2D eigenvalue weighted by atomic mass is 32.2. The molecular weight excluding hydrogens is 445 g/mol. The second-order valence-electron chi connectivity index (χ2n) is 6.94. The lowest BCUT2D eigenvalue weighted by molar-refractivity contribution is -0.384. The fourth-order valence-corrected chi connectivity index (χ4v) is 4.04. The summed E-state index contributed by atoms with van der Waals surface area (Å²) in [7, 11) is 0. The lowest BCUT2D eigenvalue weighted by atomic mass is 10.2. The van der Waals surface area contributed by atoms with Crippen LogP contribution in [0, 0.1) is 15.9 Å². The van der Waals surface area contributed by atoms with Crippen molar-refractivity contribution in [2.75, 3.05) is 0 Å². The molecule has 0 radical (unpaired) electrons. The second-order valence-corrected chi connectivity index (χ2v) is 7.89. The first-order chi connectivity index (χ1) is 16.0. The van der Waals surface area contributed by atoms with Crippen LogP contribution in [0.5, 0.6) is 0 Å². The third kappa shape index (κ3) is 5.24. The number of benzene rings is 3. The van der Waals surface area contributed by atoms with Crippen molar-refractivity contribution < 1.29 is 14.1 Å². The number of halogens is 1. The summed E-state index contributed by atoms with van der Waals surface area (Å²) in [6.45, 7) is -0.0109. The molecule has 0 fully saturated rings. The molecule has 0 aliphatic carbocycles. The predicted octanol–water partition coefficient (Wildman–Crippen LogP) is 4.54. The van der Waals surface area contributed by atoms with E-state index in [1.54, 1.807) is 22.8 Å². The van der Waals surface area contributed by atoms with Gasteiger partial charge in [0.25, 0.3) is 11.6 Å². The molecule has 3 aromatic carbocycles. The van der Waals surface area contributed by atoms with Crippen molar-refractivity contribution >= 4 is 23.4 Å². The number of nitro groups is 1. The Morgan fingerprint density at radius 2 is 1.70 bits per heavy atom. The molecule has 4 aromatic rings. The van der Waals surface area contributed by atoms with Gasteiger partial charge in [-0.05, 0) is 29.8 Å². The minimum Gasteiger partial charge on any atom is -0.345 e. The lowest BCUT2D eigenvalue weighted by Gasteiger charge is -2.11. The maximum absolute atomic E-state index is 13.9. The molecule has 10 heteroatoms. The normalized spacial score (nSPS) is 10.7. The number of non-ortho nitro benzene ring substituents is 1. The van der Waals surface area contributed by atoms with Crippen LogP contribution in [-0.2, 0) is 12.3 Å². The predicted molar refractivity (Wildman–Crippen MR) is 122 cm³/mol. The van der Waals surface area contributed by atoms with Crippen LogP contribution in [0.25, 0.3) is 5.69 Å². The van der Waals surface area contributed by atoms with E-state index in [0.717, 1.165) is 5.56 Å². The Balaban J connectivity index is 1.60. The molecule has 0 aliphatic rings. The number of nitro benzene ring substituents is 1. The van der Waals surface area contributed by atoms with E-state index in [4.69, 9.17) is 0 Å². The third-order valence-corrected chi connectivity index (χ3v) is 5.76. The number of carbonyl (C=O) groups excluding carboxylic acids is 1. The van der Waals surface area contributed by atoms with E-state index in [1.807, 2.05) is 30.3 Å². The van der Waals surface area contributed by atoms with E-state index in [-0.39, 0.29) is 17.8 Å². The van der Waals surface area contributed by atoms with Crippen LogP contribution in [0.3, 0.4) is 0 Å². The number of carbonyl (C=O) groups is 1. The van der Waals surface area contributed by atoms with E-state index < -0.39 is 16.6 Å². The van der Waals surface area contributed by atoms with E-state index in [9.17, 15) is 19.3 Å². The van der Waals surface area contributed by atoms with Crippen LogP contribution >= 0.6 is 11.8 Å². The number of hydrogen-bond donors (Lipinski definition) is 1. The Morgan fingerprint density at radius 1 is 1.00 bits per heavy atom. The first-order valence-corrected chi connectivity index (χ1v) is 10.9. The van der Waals surface area contributed by atoms with Gasteiger partial charge in [0.1, 0.15) is 5.82 Å². The number of rotatable bonds is 8. The molecule has 4 rings (SSSR count). The minimum atomic E-state index is -0.619. The maximum Gasteiger partial charge on any atom is 0.269 e. The van der Waals surface area contributed by atoms with Gasteiger partial charge in [-0.25, -0.2) is 4.39 Å². The van der Waals surface area contributed by atoms with Gasteiger partial charge in [0.15, 0.2) is 11.0 Å². The number of hydrogen-bond acceptors (Lipinski definition) is 6. The van der Waals surface area contributed by atoms with Gasteiger partial charge in [0.05, 0.1) is 17.0 Å². The standard InChI is InChI=1S/C23H18FN5O3S/c24-20-9-5-4-8-19(20)22(30)25-14-21-26-27-23(33-15-16-6-2-1-3-7-16)28(21)17-10-12-18(13-11-17)29(31)32/h1-13H,14-15H2,(H,25,30). The molecular formula is C23H18FN5O3S. The Morgan fingerprint density at radius 3 is 2.39 bits per heavy atom. The molecule has 1 amide bonds. The SMILES string of the molecule is O=C(NCc1nnc(SCc2ccccc2)n1-c1ccc([N+](=O)[O-])cc1)c1ccccc1F. The first kappa shape index (κ1) is 22.2. The van der Waals surface area contributed by atoms with Gasteiger partial charge >= 0.3 is 0 Å². The van der Waals surface area contributed by atoms with E-state index in [2.05, 4.69) is 15.5 Å². The number of nitrogens with one attached hydrogen (secondary N) is 1. The van der Waals surface area contributed by atoms with Crippen LogP contribution in [0.4, 0.5) is 10.1 Å². The molecule has 0 bridgehead atoms. The summed E-state index contributed by atoms with van der Waals surface area (Å²) in [6.07, 6.45) is 0. The molecule has 1 aromatic heterocycles. The molecule has 0 atom stereocenters. The van der Waals surface area contributed by atoms with Crippen molar-refractivity contribution in [1.82, 2.24) is 20.1 Å². The van der Waals surface area contributed by atoms with Gasteiger partial charge in [0.2, 0.25) is 0 Å². The van der Waals surface area contributed by atoms with Gasteiger partial charge in [-0.1, -0.05) is 54.2 Å². The zero-order valence-electron chi connectivity index (χ0n) is 17.2. The second kappa shape index (κ2) is 10.0. The lowest BCUT2D eigenvalue weighted by Crippen LogP contribution is -2.25. The van der Waals surface area contributed by atoms with Crippen LogP contribution in [0.2, 0.25) is 0 Å². The Labute approximate surface area is 192 Å². The molecule has 1 N–H and O–H groups in total. The van der Waals surface area contributed by atoms with Gasteiger partial charge in [0, 0.05) is 23.6 Å². The van der Waals surface area contributed by atoms with Crippen molar-refractivity contribution in [1.29, 1.82) is 0 Å². The van der Waals surface area contributed by atoms with Crippen molar-refractivity contribution in [3.05, 3.63) is 112 Å². The Bertz CT molecular complexity index is 1280. The molecule has 0 spiro atoms.